The number of carboxylic acid groups (broad SMARTS) is 1. The lowest BCUT2D eigenvalue weighted by atomic mass is 9.90. The van der Waals surface area contributed by atoms with E-state index in [1.807, 2.05) is 17.1 Å². The fourth-order valence-corrected chi connectivity index (χ4v) is 3.07. The molecule has 6 heteroatoms. The minimum absolute atomic E-state index is 0.623. The normalized spacial score (nSPS) is 11.6. The standard InChI is InChI=1S/C14H24N2O2S2/c1-14(2,12(17)18)11-10-20-13(16-11)15-8-6-4-5-7-9-19-3/h10H,4-9H2,1-3H3,(H,15,16)(H,17,18). The van der Waals surface area contributed by atoms with Crippen molar-refractivity contribution in [2.24, 2.45) is 0 Å². The van der Waals surface area contributed by atoms with Crippen molar-refractivity contribution in [3.05, 3.63) is 11.1 Å². The Morgan fingerprint density at radius 2 is 2.10 bits per heavy atom. The SMILES string of the molecule is CSCCCCCCNc1nc(C(C)(C)C(=O)O)cs1. The molecule has 0 bridgehead atoms. The number of aromatic nitrogens is 1. The van der Waals surface area contributed by atoms with E-state index in [2.05, 4.69) is 16.6 Å². The number of thioether (sulfide) groups is 1. The van der Waals surface area contributed by atoms with Crippen LogP contribution in [0.3, 0.4) is 0 Å². The van der Waals surface area contributed by atoms with Crippen molar-refractivity contribution in [1.29, 1.82) is 0 Å². The second-order valence-electron chi connectivity index (χ2n) is 5.30. The zero-order chi connectivity index (χ0) is 15.0. The van der Waals surface area contributed by atoms with Gasteiger partial charge in [0.05, 0.1) is 5.69 Å². The molecule has 0 aromatic carbocycles. The number of nitrogens with zero attached hydrogens (tertiary/aromatic N) is 1. The molecule has 0 atom stereocenters. The molecule has 0 amide bonds. The molecule has 0 aliphatic rings. The van der Waals surface area contributed by atoms with Crippen molar-refractivity contribution in [3.8, 4) is 0 Å². The topological polar surface area (TPSA) is 62.2 Å². The molecule has 1 aromatic rings. The first-order chi connectivity index (χ1) is 9.48. The molecule has 4 nitrogen and oxygen atoms in total. The number of hydrogen-bond donors (Lipinski definition) is 2. The van der Waals surface area contributed by atoms with Gasteiger partial charge in [0.1, 0.15) is 5.41 Å². The van der Waals surface area contributed by atoms with Crippen LogP contribution in [-0.2, 0) is 10.2 Å². The van der Waals surface area contributed by atoms with Gasteiger partial charge in [0.15, 0.2) is 5.13 Å². The number of anilines is 1. The first-order valence-electron chi connectivity index (χ1n) is 6.90. The highest BCUT2D eigenvalue weighted by Gasteiger charge is 2.32. The van der Waals surface area contributed by atoms with E-state index in [0.717, 1.165) is 18.1 Å². The molecule has 1 rings (SSSR count). The Bertz CT molecular complexity index is 419. The number of unbranched alkanes of at least 4 members (excludes halogenated alkanes) is 3. The molecular weight excluding hydrogens is 292 g/mol. The third-order valence-corrected chi connectivity index (χ3v) is 4.73. The summed E-state index contributed by atoms with van der Waals surface area (Å²) >= 11 is 3.37. The molecule has 0 spiro atoms. The number of carbonyl (C=O) groups is 1. The number of nitrogens with one attached hydrogen (secondary N) is 1. The summed E-state index contributed by atoms with van der Waals surface area (Å²) in [7, 11) is 0. The number of rotatable bonds is 10. The van der Waals surface area contributed by atoms with Crippen molar-refractivity contribution >= 4 is 34.2 Å². The van der Waals surface area contributed by atoms with Gasteiger partial charge >= 0.3 is 5.97 Å². The highest BCUT2D eigenvalue weighted by molar-refractivity contribution is 7.98. The van der Waals surface area contributed by atoms with Gasteiger partial charge in [-0.15, -0.1) is 11.3 Å². The van der Waals surface area contributed by atoms with Gasteiger partial charge in [-0.2, -0.15) is 11.8 Å². The van der Waals surface area contributed by atoms with Gasteiger partial charge in [0.2, 0.25) is 0 Å². The monoisotopic (exact) mass is 316 g/mol. The molecule has 2 N–H and O–H groups in total. The molecule has 1 heterocycles. The van der Waals surface area contributed by atoms with E-state index in [9.17, 15) is 4.79 Å². The van der Waals surface area contributed by atoms with E-state index in [4.69, 9.17) is 5.11 Å². The van der Waals surface area contributed by atoms with Crippen LogP contribution in [-0.4, -0.2) is 34.6 Å². The molecule has 20 heavy (non-hydrogen) atoms. The first kappa shape index (κ1) is 17.3. The maximum Gasteiger partial charge on any atom is 0.315 e. The molecule has 114 valence electrons. The van der Waals surface area contributed by atoms with Crippen molar-refractivity contribution < 1.29 is 9.90 Å². The van der Waals surface area contributed by atoms with Crippen molar-refractivity contribution in [2.75, 3.05) is 23.9 Å². The smallest absolute Gasteiger partial charge is 0.315 e. The molecule has 0 aliphatic heterocycles. The first-order valence-corrected chi connectivity index (χ1v) is 9.18. The van der Waals surface area contributed by atoms with E-state index in [1.54, 1.807) is 13.8 Å². The predicted molar refractivity (Wildman–Crippen MR) is 88.1 cm³/mol. The van der Waals surface area contributed by atoms with Gasteiger partial charge in [-0.05, 0) is 38.7 Å². The van der Waals surface area contributed by atoms with E-state index >= 15 is 0 Å². The second kappa shape index (κ2) is 8.52. The molecule has 0 radical (unpaired) electrons. The van der Waals surface area contributed by atoms with Crippen LogP contribution in [0.25, 0.3) is 0 Å². The van der Waals surface area contributed by atoms with Crippen LogP contribution in [0.15, 0.2) is 5.38 Å². The minimum atomic E-state index is -0.922. The van der Waals surface area contributed by atoms with E-state index < -0.39 is 11.4 Å². The van der Waals surface area contributed by atoms with Crippen LogP contribution >= 0.6 is 23.1 Å². The molecule has 0 aliphatic carbocycles. The van der Waals surface area contributed by atoms with Gasteiger partial charge < -0.3 is 10.4 Å². The highest BCUT2D eigenvalue weighted by Crippen LogP contribution is 2.27. The molecule has 0 unspecified atom stereocenters. The van der Waals surface area contributed by atoms with Crippen LogP contribution in [0.1, 0.15) is 45.2 Å². The third-order valence-electron chi connectivity index (χ3n) is 3.23. The van der Waals surface area contributed by atoms with Crippen LogP contribution in [0.2, 0.25) is 0 Å². The summed E-state index contributed by atoms with van der Waals surface area (Å²) in [5, 5.41) is 15.1. The Labute approximate surface area is 129 Å². The van der Waals surface area contributed by atoms with Crippen LogP contribution in [0, 0.1) is 0 Å². The van der Waals surface area contributed by atoms with Gasteiger partial charge in [-0.25, -0.2) is 4.98 Å². The van der Waals surface area contributed by atoms with E-state index in [-0.39, 0.29) is 0 Å². The summed E-state index contributed by atoms with van der Waals surface area (Å²) in [5.74, 6) is 0.399. The maximum atomic E-state index is 11.2. The molecule has 0 saturated heterocycles. The Hall–Kier alpha value is -0.750. The summed E-state index contributed by atoms with van der Waals surface area (Å²) < 4.78 is 0. The summed E-state index contributed by atoms with van der Waals surface area (Å²) in [6, 6.07) is 0. The minimum Gasteiger partial charge on any atom is -0.481 e. The van der Waals surface area contributed by atoms with Gasteiger partial charge in [-0.1, -0.05) is 12.8 Å². The number of carboxylic acids is 1. The molecule has 1 aromatic heterocycles. The number of hydrogen-bond acceptors (Lipinski definition) is 5. The Morgan fingerprint density at radius 1 is 1.40 bits per heavy atom. The van der Waals surface area contributed by atoms with E-state index in [1.165, 1.54) is 36.4 Å². The largest absolute Gasteiger partial charge is 0.481 e. The number of thiazole rings is 1. The zero-order valence-electron chi connectivity index (χ0n) is 12.4. The molecular formula is C14H24N2O2S2. The van der Waals surface area contributed by atoms with Crippen LogP contribution in [0.4, 0.5) is 5.13 Å². The summed E-state index contributed by atoms with van der Waals surface area (Å²) in [5.41, 5.74) is -0.300. The quantitative estimate of drug-likeness (QED) is 0.642. The lowest BCUT2D eigenvalue weighted by Gasteiger charge is -2.15. The van der Waals surface area contributed by atoms with Gasteiger partial charge in [0, 0.05) is 11.9 Å². The highest BCUT2D eigenvalue weighted by atomic mass is 32.2. The fourth-order valence-electron chi connectivity index (χ4n) is 1.67. The van der Waals surface area contributed by atoms with Crippen LogP contribution < -0.4 is 5.32 Å². The fraction of sp³-hybridized carbons (Fsp3) is 0.714. The van der Waals surface area contributed by atoms with Crippen molar-refractivity contribution in [3.63, 3.8) is 0 Å². The maximum absolute atomic E-state index is 11.2. The summed E-state index contributed by atoms with van der Waals surface area (Å²) in [6.07, 6.45) is 7.06. The molecule has 0 saturated carbocycles. The third kappa shape index (κ3) is 5.32. The summed E-state index contributed by atoms with van der Waals surface area (Å²) in [6.45, 7) is 4.26. The Kier molecular flexibility index (Phi) is 7.37. The van der Waals surface area contributed by atoms with Crippen molar-refractivity contribution in [1.82, 2.24) is 4.98 Å². The van der Waals surface area contributed by atoms with E-state index in [0.29, 0.717) is 5.69 Å². The van der Waals surface area contributed by atoms with Gasteiger partial charge in [0.25, 0.3) is 0 Å². The van der Waals surface area contributed by atoms with Gasteiger partial charge in [-0.3, -0.25) is 4.79 Å². The average molecular weight is 316 g/mol. The predicted octanol–water partition coefficient (Wildman–Crippen LogP) is 3.84. The summed E-state index contributed by atoms with van der Waals surface area (Å²) in [4.78, 5) is 15.5. The Balaban J connectivity index is 2.29. The zero-order valence-corrected chi connectivity index (χ0v) is 14.1. The molecule has 0 fully saturated rings. The Morgan fingerprint density at radius 3 is 2.75 bits per heavy atom. The second-order valence-corrected chi connectivity index (χ2v) is 7.15. The lowest BCUT2D eigenvalue weighted by molar-refractivity contribution is -0.142. The number of aliphatic carboxylic acids is 1. The average Bonchev–Trinajstić information content (AvgIpc) is 2.87. The van der Waals surface area contributed by atoms with Crippen LogP contribution in [0.5, 0.6) is 0 Å². The van der Waals surface area contributed by atoms with Crippen molar-refractivity contribution in [2.45, 2.75) is 44.9 Å². The lowest BCUT2D eigenvalue weighted by Crippen LogP contribution is -2.28.